The second kappa shape index (κ2) is 15.0. The molecule has 0 heteroatoms. The zero-order chi connectivity index (χ0) is 14.2. The minimum absolute atomic E-state index is 0. The van der Waals surface area contributed by atoms with E-state index in [2.05, 4.69) is 74.5 Å². The van der Waals surface area contributed by atoms with Crippen molar-refractivity contribution < 1.29 is 0 Å². The molecule has 0 aliphatic carbocycles. The molecule has 24 heavy (non-hydrogen) atoms. The standard InChI is InChI=1S/C20H26.4CH4/c1-3-10-19(20-13-8-5-9-14-20)16-15-17(2)18-11-6-4-7-12-18;;;;/h4-9,11-14,17,19H,3,10,15-16H2,1-2H3;4*1H4. The van der Waals surface area contributed by atoms with E-state index in [0.717, 1.165) is 0 Å². The Morgan fingerprint density at radius 1 is 0.625 bits per heavy atom. The number of hydrogen-bond acceptors (Lipinski definition) is 0. The van der Waals surface area contributed by atoms with E-state index in [0.29, 0.717) is 11.8 Å². The highest BCUT2D eigenvalue weighted by atomic mass is 14.2. The summed E-state index contributed by atoms with van der Waals surface area (Å²) < 4.78 is 0. The highest BCUT2D eigenvalue weighted by Gasteiger charge is 2.13. The summed E-state index contributed by atoms with van der Waals surface area (Å²) in [7, 11) is 0. The zero-order valence-corrected chi connectivity index (χ0v) is 12.8. The van der Waals surface area contributed by atoms with E-state index in [-0.39, 0.29) is 29.7 Å². The van der Waals surface area contributed by atoms with Crippen molar-refractivity contribution >= 4 is 0 Å². The van der Waals surface area contributed by atoms with E-state index < -0.39 is 0 Å². The minimum atomic E-state index is 0. The van der Waals surface area contributed by atoms with Gasteiger partial charge < -0.3 is 0 Å². The van der Waals surface area contributed by atoms with Crippen LogP contribution in [0.3, 0.4) is 0 Å². The smallest absolute Gasteiger partial charge is 0.0162 e. The third-order valence-electron chi connectivity index (χ3n) is 4.22. The van der Waals surface area contributed by atoms with Crippen LogP contribution in [-0.4, -0.2) is 0 Å². The van der Waals surface area contributed by atoms with Crippen molar-refractivity contribution in [2.45, 2.75) is 81.1 Å². The van der Waals surface area contributed by atoms with Gasteiger partial charge in [0.25, 0.3) is 0 Å². The fourth-order valence-electron chi connectivity index (χ4n) is 2.95. The molecule has 0 aromatic heterocycles. The number of hydrogen-bond donors (Lipinski definition) is 0. The molecule has 0 saturated carbocycles. The van der Waals surface area contributed by atoms with Gasteiger partial charge in [0.15, 0.2) is 0 Å². The van der Waals surface area contributed by atoms with E-state index >= 15 is 0 Å². The highest BCUT2D eigenvalue weighted by Crippen LogP contribution is 2.30. The van der Waals surface area contributed by atoms with Gasteiger partial charge in [-0.25, -0.2) is 0 Å². The predicted molar refractivity (Wildman–Crippen MR) is 115 cm³/mol. The first-order chi connectivity index (χ1) is 9.81. The van der Waals surface area contributed by atoms with Crippen LogP contribution in [-0.2, 0) is 0 Å². The van der Waals surface area contributed by atoms with Crippen LogP contribution in [0.4, 0.5) is 0 Å². The molecule has 2 atom stereocenters. The lowest BCUT2D eigenvalue weighted by molar-refractivity contribution is 0.514. The van der Waals surface area contributed by atoms with Crippen LogP contribution in [0, 0.1) is 0 Å². The molecular formula is C24H42. The fraction of sp³-hybridized carbons (Fsp3) is 0.500. The molecule has 2 aromatic rings. The molecule has 0 amide bonds. The molecule has 2 aromatic carbocycles. The topological polar surface area (TPSA) is 0 Å². The maximum absolute atomic E-state index is 2.35. The first kappa shape index (κ1) is 27.3. The summed E-state index contributed by atoms with van der Waals surface area (Å²) in [6.07, 6.45) is 5.11. The normalized spacial score (nSPS) is 11.6. The van der Waals surface area contributed by atoms with E-state index in [4.69, 9.17) is 0 Å². The van der Waals surface area contributed by atoms with E-state index in [1.807, 2.05) is 0 Å². The third-order valence-corrected chi connectivity index (χ3v) is 4.22. The van der Waals surface area contributed by atoms with E-state index in [9.17, 15) is 0 Å². The Hall–Kier alpha value is -1.56. The average Bonchev–Trinajstić information content (AvgIpc) is 2.53. The molecular weight excluding hydrogens is 288 g/mol. The first-order valence-corrected chi connectivity index (χ1v) is 7.91. The van der Waals surface area contributed by atoms with Crippen molar-refractivity contribution in [3.8, 4) is 0 Å². The van der Waals surface area contributed by atoms with Crippen molar-refractivity contribution in [2.24, 2.45) is 0 Å². The predicted octanol–water partition coefficient (Wildman–Crippen LogP) is 8.70. The third kappa shape index (κ3) is 8.34. The molecule has 2 rings (SSSR count). The quantitative estimate of drug-likeness (QED) is 0.476. The van der Waals surface area contributed by atoms with Crippen molar-refractivity contribution in [1.29, 1.82) is 0 Å². The van der Waals surface area contributed by atoms with Crippen molar-refractivity contribution in [3.63, 3.8) is 0 Å². The fourth-order valence-corrected chi connectivity index (χ4v) is 2.95. The summed E-state index contributed by atoms with van der Waals surface area (Å²) in [6, 6.07) is 21.9. The summed E-state index contributed by atoms with van der Waals surface area (Å²) >= 11 is 0. The van der Waals surface area contributed by atoms with Crippen molar-refractivity contribution in [1.82, 2.24) is 0 Å². The molecule has 0 bridgehead atoms. The Labute approximate surface area is 153 Å². The molecule has 0 spiro atoms. The summed E-state index contributed by atoms with van der Waals surface area (Å²) in [6.45, 7) is 4.64. The van der Waals surface area contributed by atoms with Crippen LogP contribution in [0.25, 0.3) is 0 Å². The monoisotopic (exact) mass is 330 g/mol. The summed E-state index contributed by atoms with van der Waals surface area (Å²) in [5, 5.41) is 0. The van der Waals surface area contributed by atoms with Gasteiger partial charge in [0.2, 0.25) is 0 Å². The Morgan fingerprint density at radius 3 is 1.54 bits per heavy atom. The molecule has 0 radical (unpaired) electrons. The summed E-state index contributed by atoms with van der Waals surface area (Å²) in [5.41, 5.74) is 2.98. The van der Waals surface area contributed by atoms with Crippen LogP contribution in [0.1, 0.15) is 92.2 Å². The number of rotatable bonds is 7. The van der Waals surface area contributed by atoms with Crippen LogP contribution in [0.15, 0.2) is 60.7 Å². The maximum Gasteiger partial charge on any atom is -0.0162 e. The van der Waals surface area contributed by atoms with Gasteiger partial charge in [-0.05, 0) is 42.2 Å². The van der Waals surface area contributed by atoms with E-state index in [1.165, 1.54) is 36.8 Å². The molecule has 138 valence electrons. The lowest BCUT2D eigenvalue weighted by Crippen LogP contribution is -2.02. The molecule has 0 N–H and O–H groups in total. The Morgan fingerprint density at radius 2 is 1.08 bits per heavy atom. The molecule has 0 heterocycles. The maximum atomic E-state index is 2.35. The minimum Gasteiger partial charge on any atom is -0.0776 e. The van der Waals surface area contributed by atoms with Gasteiger partial charge in [0.1, 0.15) is 0 Å². The molecule has 0 saturated heterocycles. The molecule has 2 unspecified atom stereocenters. The average molecular weight is 331 g/mol. The molecule has 0 aliphatic rings. The first-order valence-electron chi connectivity index (χ1n) is 7.91. The van der Waals surface area contributed by atoms with Crippen LogP contribution in [0.2, 0.25) is 0 Å². The Kier molecular flexibility index (Phi) is 17.1. The lowest BCUT2D eigenvalue weighted by atomic mass is 9.86. The van der Waals surface area contributed by atoms with Crippen LogP contribution in [0.5, 0.6) is 0 Å². The SMILES string of the molecule is C.C.C.C.CCCC(CCC(C)c1ccccc1)c1ccccc1. The Balaban J connectivity index is -0.00000110. The summed E-state index contributed by atoms with van der Waals surface area (Å²) in [4.78, 5) is 0. The van der Waals surface area contributed by atoms with Gasteiger partial charge in [-0.15, -0.1) is 0 Å². The van der Waals surface area contributed by atoms with Gasteiger partial charge in [0, 0.05) is 0 Å². The number of benzene rings is 2. The highest BCUT2D eigenvalue weighted by molar-refractivity contribution is 5.21. The van der Waals surface area contributed by atoms with Gasteiger partial charge in [-0.1, -0.05) is 111 Å². The van der Waals surface area contributed by atoms with Crippen LogP contribution < -0.4 is 0 Å². The van der Waals surface area contributed by atoms with Crippen molar-refractivity contribution in [3.05, 3.63) is 71.8 Å². The second-order valence-electron chi connectivity index (χ2n) is 5.79. The largest absolute Gasteiger partial charge is 0.0776 e. The second-order valence-corrected chi connectivity index (χ2v) is 5.79. The zero-order valence-electron chi connectivity index (χ0n) is 12.8. The van der Waals surface area contributed by atoms with Gasteiger partial charge in [0.05, 0.1) is 0 Å². The van der Waals surface area contributed by atoms with Crippen molar-refractivity contribution in [2.75, 3.05) is 0 Å². The van der Waals surface area contributed by atoms with Crippen LogP contribution >= 0.6 is 0 Å². The molecule has 0 fully saturated rings. The van der Waals surface area contributed by atoms with Gasteiger partial charge in [-0.2, -0.15) is 0 Å². The van der Waals surface area contributed by atoms with Gasteiger partial charge >= 0.3 is 0 Å². The van der Waals surface area contributed by atoms with Gasteiger partial charge in [-0.3, -0.25) is 0 Å². The summed E-state index contributed by atoms with van der Waals surface area (Å²) in [5.74, 6) is 1.37. The van der Waals surface area contributed by atoms with E-state index in [1.54, 1.807) is 0 Å². The Bertz CT molecular complexity index is 472. The lowest BCUT2D eigenvalue weighted by Gasteiger charge is -2.19. The molecule has 0 nitrogen and oxygen atoms in total. The molecule has 0 aliphatic heterocycles.